The van der Waals surface area contributed by atoms with Crippen molar-refractivity contribution in [3.63, 3.8) is 0 Å². The summed E-state index contributed by atoms with van der Waals surface area (Å²) in [6, 6.07) is 3.86. The molecule has 2 aliphatic rings. The van der Waals surface area contributed by atoms with Gasteiger partial charge in [-0.2, -0.15) is 0 Å². The van der Waals surface area contributed by atoms with E-state index in [1.165, 1.54) is 12.8 Å². The molecule has 0 saturated heterocycles. The topological polar surface area (TPSA) is 29.5 Å². The molecule has 1 saturated carbocycles. The molecule has 1 unspecified atom stereocenters. The molecule has 1 atom stereocenters. The quantitative estimate of drug-likeness (QED) is 0.895. The van der Waals surface area contributed by atoms with Crippen LogP contribution in [0.25, 0.3) is 0 Å². The zero-order chi connectivity index (χ0) is 13.5. The molecule has 1 aliphatic heterocycles. The van der Waals surface area contributed by atoms with E-state index in [0.29, 0.717) is 11.6 Å². The van der Waals surface area contributed by atoms with E-state index in [2.05, 4.69) is 6.92 Å². The van der Waals surface area contributed by atoms with Gasteiger partial charge in [0.25, 0.3) is 0 Å². The van der Waals surface area contributed by atoms with Crippen LogP contribution in [0.15, 0.2) is 12.1 Å². The highest BCUT2D eigenvalue weighted by Gasteiger charge is 2.41. The molecule has 19 heavy (non-hydrogen) atoms. The van der Waals surface area contributed by atoms with Crippen LogP contribution in [0.1, 0.15) is 56.3 Å². The lowest BCUT2D eigenvalue weighted by atomic mass is 9.75. The predicted molar refractivity (Wildman–Crippen MR) is 76.8 cm³/mol. The third-order valence-electron chi connectivity index (χ3n) is 4.96. The van der Waals surface area contributed by atoms with Crippen molar-refractivity contribution in [3.05, 3.63) is 28.3 Å². The Morgan fingerprint density at radius 3 is 2.79 bits per heavy atom. The van der Waals surface area contributed by atoms with Crippen LogP contribution >= 0.6 is 11.6 Å². The lowest BCUT2D eigenvalue weighted by Gasteiger charge is -2.34. The number of rotatable bonds is 3. The van der Waals surface area contributed by atoms with Crippen molar-refractivity contribution in [2.75, 3.05) is 6.61 Å². The summed E-state index contributed by atoms with van der Waals surface area (Å²) in [5, 5.41) is 11.6. The summed E-state index contributed by atoms with van der Waals surface area (Å²) < 4.78 is 5.74. The van der Waals surface area contributed by atoms with E-state index in [9.17, 15) is 5.11 Å². The van der Waals surface area contributed by atoms with E-state index in [1.807, 2.05) is 12.1 Å². The minimum Gasteiger partial charge on any atom is -0.493 e. The number of fused-ring (bicyclic) bond motifs is 1. The molecule has 1 heterocycles. The van der Waals surface area contributed by atoms with E-state index in [1.54, 1.807) is 0 Å². The predicted octanol–water partition coefficient (Wildman–Crippen LogP) is 4.28. The first-order valence-corrected chi connectivity index (χ1v) is 7.67. The van der Waals surface area contributed by atoms with Crippen molar-refractivity contribution in [2.24, 2.45) is 5.41 Å². The van der Waals surface area contributed by atoms with Gasteiger partial charge >= 0.3 is 0 Å². The minimum absolute atomic E-state index is 0.0183. The highest BCUT2D eigenvalue weighted by atomic mass is 35.5. The fourth-order valence-electron chi connectivity index (χ4n) is 3.73. The molecule has 104 valence electrons. The maximum absolute atomic E-state index is 10.9. The highest BCUT2D eigenvalue weighted by Crippen LogP contribution is 2.52. The van der Waals surface area contributed by atoms with Gasteiger partial charge in [0.05, 0.1) is 12.7 Å². The van der Waals surface area contributed by atoms with E-state index in [4.69, 9.17) is 16.3 Å². The standard InChI is InChI=1S/C16H21ClO2/c1-2-16(6-3-4-7-16)15(18)13-10-12(17)9-11-5-8-19-14(11)13/h9-10,15,18H,2-8H2,1H3. The third kappa shape index (κ3) is 2.15. The Hall–Kier alpha value is -0.730. The zero-order valence-electron chi connectivity index (χ0n) is 11.4. The Labute approximate surface area is 119 Å². The number of ether oxygens (including phenoxy) is 1. The summed E-state index contributed by atoms with van der Waals surface area (Å²) in [7, 11) is 0. The SMILES string of the molecule is CCC1(C(O)c2cc(Cl)cc3c2OCC3)CCCC1. The van der Waals surface area contributed by atoms with E-state index >= 15 is 0 Å². The van der Waals surface area contributed by atoms with E-state index in [-0.39, 0.29) is 5.41 Å². The van der Waals surface area contributed by atoms with E-state index < -0.39 is 6.10 Å². The fraction of sp³-hybridized carbons (Fsp3) is 0.625. The van der Waals surface area contributed by atoms with Gasteiger partial charge in [0.1, 0.15) is 5.75 Å². The van der Waals surface area contributed by atoms with Crippen LogP contribution in [-0.2, 0) is 6.42 Å². The Bertz CT molecular complexity index is 478. The van der Waals surface area contributed by atoms with Gasteiger partial charge in [-0.25, -0.2) is 0 Å². The molecule has 2 nitrogen and oxygen atoms in total. The number of benzene rings is 1. The molecule has 1 N–H and O–H groups in total. The minimum atomic E-state index is -0.453. The third-order valence-corrected chi connectivity index (χ3v) is 5.17. The van der Waals surface area contributed by atoms with Crippen molar-refractivity contribution in [1.29, 1.82) is 0 Å². The summed E-state index contributed by atoms with van der Waals surface area (Å²) in [6.45, 7) is 2.88. The molecule has 1 aliphatic carbocycles. The van der Waals surface area contributed by atoms with Crippen molar-refractivity contribution >= 4 is 11.6 Å². The van der Waals surface area contributed by atoms with Crippen molar-refractivity contribution < 1.29 is 9.84 Å². The molecule has 1 aromatic carbocycles. The maximum Gasteiger partial charge on any atom is 0.128 e. The second-order valence-corrected chi connectivity index (χ2v) is 6.34. The van der Waals surface area contributed by atoms with Crippen molar-refractivity contribution in [2.45, 2.75) is 51.6 Å². The van der Waals surface area contributed by atoms with Crippen LogP contribution in [0.4, 0.5) is 0 Å². The summed E-state index contributed by atoms with van der Waals surface area (Å²) in [6.07, 6.45) is 6.09. The molecule has 1 aromatic rings. The van der Waals surface area contributed by atoms with Crippen LogP contribution in [-0.4, -0.2) is 11.7 Å². The molecule has 0 bridgehead atoms. The Morgan fingerprint density at radius 1 is 1.37 bits per heavy atom. The molecule has 3 heteroatoms. The van der Waals surface area contributed by atoms with Crippen molar-refractivity contribution in [1.82, 2.24) is 0 Å². The summed E-state index contributed by atoms with van der Waals surface area (Å²) in [4.78, 5) is 0. The van der Waals surface area contributed by atoms with Gasteiger partial charge < -0.3 is 9.84 Å². The van der Waals surface area contributed by atoms with Crippen LogP contribution < -0.4 is 4.74 Å². The van der Waals surface area contributed by atoms with Gasteiger partial charge in [-0.05, 0) is 37.0 Å². The average Bonchev–Trinajstić information content (AvgIpc) is 3.05. The summed E-state index contributed by atoms with van der Waals surface area (Å²) >= 11 is 6.20. The van der Waals surface area contributed by atoms with Crippen LogP contribution in [0, 0.1) is 5.41 Å². The monoisotopic (exact) mass is 280 g/mol. The molecule has 3 rings (SSSR count). The largest absolute Gasteiger partial charge is 0.493 e. The number of hydrogen-bond acceptors (Lipinski definition) is 2. The van der Waals surface area contributed by atoms with Gasteiger partial charge in [0.15, 0.2) is 0 Å². The molecule has 0 aromatic heterocycles. The molecule has 0 spiro atoms. The average molecular weight is 281 g/mol. The van der Waals surface area contributed by atoms with Crippen LogP contribution in [0.2, 0.25) is 5.02 Å². The molecule has 0 radical (unpaired) electrons. The molecule has 1 fully saturated rings. The summed E-state index contributed by atoms with van der Waals surface area (Å²) in [5.41, 5.74) is 2.07. The Morgan fingerprint density at radius 2 is 2.11 bits per heavy atom. The van der Waals surface area contributed by atoms with Crippen LogP contribution in [0.5, 0.6) is 5.75 Å². The highest BCUT2D eigenvalue weighted by molar-refractivity contribution is 6.30. The van der Waals surface area contributed by atoms with Crippen molar-refractivity contribution in [3.8, 4) is 5.75 Å². The Balaban J connectivity index is 2.02. The van der Waals surface area contributed by atoms with Gasteiger partial charge in [-0.1, -0.05) is 31.4 Å². The van der Waals surface area contributed by atoms with E-state index in [0.717, 1.165) is 42.6 Å². The number of hydrogen-bond donors (Lipinski definition) is 1. The Kier molecular flexibility index (Phi) is 3.48. The van der Waals surface area contributed by atoms with Gasteiger partial charge in [-0.3, -0.25) is 0 Å². The second-order valence-electron chi connectivity index (χ2n) is 5.91. The van der Waals surface area contributed by atoms with Gasteiger partial charge in [0, 0.05) is 22.4 Å². The maximum atomic E-state index is 10.9. The molecule has 0 amide bonds. The molecular formula is C16H21ClO2. The lowest BCUT2D eigenvalue weighted by Crippen LogP contribution is -2.25. The second kappa shape index (κ2) is 4.99. The number of halogens is 1. The summed E-state index contributed by atoms with van der Waals surface area (Å²) in [5.74, 6) is 0.886. The first-order valence-electron chi connectivity index (χ1n) is 7.29. The van der Waals surface area contributed by atoms with Gasteiger partial charge in [0.2, 0.25) is 0 Å². The first kappa shape index (κ1) is 13.3. The zero-order valence-corrected chi connectivity index (χ0v) is 12.2. The number of aliphatic hydroxyl groups excluding tert-OH is 1. The fourth-order valence-corrected chi connectivity index (χ4v) is 3.98. The first-order chi connectivity index (χ1) is 9.16. The lowest BCUT2D eigenvalue weighted by molar-refractivity contribution is 0.0220. The van der Waals surface area contributed by atoms with Crippen LogP contribution in [0.3, 0.4) is 0 Å². The molecular weight excluding hydrogens is 260 g/mol. The normalized spacial score (nSPS) is 22.1. The van der Waals surface area contributed by atoms with Gasteiger partial charge in [-0.15, -0.1) is 0 Å². The number of aliphatic hydroxyl groups is 1. The smallest absolute Gasteiger partial charge is 0.128 e.